The number of halogens is 2. The minimum Gasteiger partial charge on any atom is -0.339 e. The fourth-order valence-electron chi connectivity index (χ4n) is 2.27. The highest BCUT2D eigenvalue weighted by Crippen LogP contribution is 2.28. The molecule has 1 heterocycles. The maximum atomic E-state index is 3.63. The van der Waals surface area contributed by atoms with Crippen LogP contribution in [0.4, 0.5) is 0 Å². The molecule has 1 aromatic carbocycles. The number of aryl methyl sites for hydroxylation is 1. The third-order valence-corrected chi connectivity index (χ3v) is 6.19. The predicted molar refractivity (Wildman–Crippen MR) is 103 cm³/mol. The van der Waals surface area contributed by atoms with E-state index in [1.165, 1.54) is 24.7 Å². The third kappa shape index (κ3) is 5.78. The van der Waals surface area contributed by atoms with E-state index in [9.17, 15) is 0 Å². The van der Waals surface area contributed by atoms with Gasteiger partial charge in [-0.05, 0) is 52.2 Å². The van der Waals surface area contributed by atoms with Crippen molar-refractivity contribution in [2.75, 3.05) is 27.2 Å². The molecule has 5 heteroatoms. The maximum absolute atomic E-state index is 3.63. The number of likely N-dealkylation sites (N-methyl/N-ethyl adjacent to an activating group) is 1. The highest BCUT2D eigenvalue weighted by molar-refractivity contribution is 9.11. The molecule has 0 radical (unpaired) electrons. The molecule has 2 rings (SSSR count). The highest BCUT2D eigenvalue weighted by Gasteiger charge is 2.12. The van der Waals surface area contributed by atoms with E-state index in [2.05, 4.69) is 88.1 Å². The van der Waals surface area contributed by atoms with Crippen molar-refractivity contribution in [2.24, 2.45) is 0 Å². The van der Waals surface area contributed by atoms with Gasteiger partial charge in [0, 0.05) is 29.0 Å². The summed E-state index contributed by atoms with van der Waals surface area (Å²) in [5, 5.41) is 0. The van der Waals surface area contributed by atoms with Crippen LogP contribution in [0.15, 0.2) is 38.6 Å². The van der Waals surface area contributed by atoms with Crippen LogP contribution in [0.3, 0.4) is 0 Å². The first kappa shape index (κ1) is 18.1. The number of nitrogens with zero attached hydrogens (tertiary/aromatic N) is 1. The predicted octanol–water partition coefficient (Wildman–Crippen LogP) is 3.73. The van der Waals surface area contributed by atoms with Crippen LogP contribution in [-0.2, 0) is 13.1 Å². The Kier molecular flexibility index (Phi) is 7.09. The second-order valence-corrected chi connectivity index (χ2v) is 9.33. The zero-order valence-electron chi connectivity index (χ0n) is 13.3. The Balaban J connectivity index is 2.06. The average molecular weight is 447 g/mol. The maximum Gasteiger partial charge on any atom is 0.0896 e. The van der Waals surface area contributed by atoms with E-state index in [0.29, 0.717) is 0 Å². The Morgan fingerprint density at radius 1 is 1.09 bits per heavy atom. The molecular formula is C17H23Br2N2S+. The van der Waals surface area contributed by atoms with Gasteiger partial charge >= 0.3 is 0 Å². The number of benzene rings is 1. The molecule has 0 saturated carbocycles. The van der Waals surface area contributed by atoms with Crippen molar-refractivity contribution < 1.29 is 4.90 Å². The molecule has 2 nitrogen and oxygen atoms in total. The number of nitrogens with one attached hydrogen (secondary N) is 1. The quantitative estimate of drug-likeness (QED) is 0.680. The van der Waals surface area contributed by atoms with Crippen molar-refractivity contribution in [3.05, 3.63) is 54.6 Å². The van der Waals surface area contributed by atoms with Gasteiger partial charge in [-0.2, -0.15) is 0 Å². The average Bonchev–Trinajstić information content (AvgIpc) is 2.77. The number of thiophene rings is 1. The van der Waals surface area contributed by atoms with Crippen LogP contribution in [0.1, 0.15) is 16.0 Å². The minimum atomic E-state index is 0.995. The summed E-state index contributed by atoms with van der Waals surface area (Å²) in [6.07, 6.45) is 0. The fourth-order valence-corrected chi connectivity index (χ4v) is 4.20. The first-order valence-electron chi connectivity index (χ1n) is 7.44. The Morgan fingerprint density at radius 3 is 2.32 bits per heavy atom. The van der Waals surface area contributed by atoms with E-state index in [-0.39, 0.29) is 0 Å². The summed E-state index contributed by atoms with van der Waals surface area (Å²) in [7, 11) is 4.42. The lowest BCUT2D eigenvalue weighted by atomic mass is 10.2. The number of hydrogen-bond acceptors (Lipinski definition) is 2. The van der Waals surface area contributed by atoms with Gasteiger partial charge in [-0.1, -0.05) is 28.1 Å². The summed E-state index contributed by atoms with van der Waals surface area (Å²) in [4.78, 5) is 5.45. The van der Waals surface area contributed by atoms with Gasteiger partial charge in [-0.3, -0.25) is 4.90 Å². The topological polar surface area (TPSA) is 7.68 Å². The summed E-state index contributed by atoms with van der Waals surface area (Å²) in [5.41, 5.74) is 2.70. The molecule has 0 amide bonds. The Labute approximate surface area is 154 Å². The fraction of sp³-hybridized carbons (Fsp3) is 0.412. The zero-order chi connectivity index (χ0) is 16.1. The molecule has 2 aromatic rings. The van der Waals surface area contributed by atoms with Crippen LogP contribution in [0.2, 0.25) is 0 Å². The van der Waals surface area contributed by atoms with Gasteiger partial charge in [-0.15, -0.1) is 11.3 Å². The van der Waals surface area contributed by atoms with Crippen molar-refractivity contribution in [3.8, 4) is 0 Å². The third-order valence-electron chi connectivity index (χ3n) is 3.54. The van der Waals surface area contributed by atoms with Crippen molar-refractivity contribution >= 4 is 43.2 Å². The zero-order valence-corrected chi connectivity index (χ0v) is 17.3. The molecule has 0 fully saturated rings. The standard InChI is InChI=1S/C17H22Br2N2S/c1-13-10-16(22-17(13)19)12-21(9-8-20(2)3)11-14-4-6-15(18)7-5-14/h4-7,10H,8-9,11-12H2,1-3H3/p+1. The summed E-state index contributed by atoms with van der Waals surface area (Å²) in [6, 6.07) is 10.9. The van der Waals surface area contributed by atoms with Crippen molar-refractivity contribution in [3.63, 3.8) is 0 Å². The molecule has 22 heavy (non-hydrogen) atoms. The smallest absolute Gasteiger partial charge is 0.0896 e. The first-order valence-corrected chi connectivity index (χ1v) is 9.85. The van der Waals surface area contributed by atoms with E-state index in [4.69, 9.17) is 0 Å². The van der Waals surface area contributed by atoms with E-state index >= 15 is 0 Å². The minimum absolute atomic E-state index is 0.995. The van der Waals surface area contributed by atoms with Gasteiger partial charge in [0.1, 0.15) is 0 Å². The van der Waals surface area contributed by atoms with Crippen LogP contribution in [0, 0.1) is 6.92 Å². The summed E-state index contributed by atoms with van der Waals surface area (Å²) >= 11 is 8.99. The molecule has 0 aliphatic rings. The lowest BCUT2D eigenvalue weighted by molar-refractivity contribution is -0.857. The van der Waals surface area contributed by atoms with Gasteiger partial charge in [0.2, 0.25) is 0 Å². The van der Waals surface area contributed by atoms with Crippen LogP contribution in [0.25, 0.3) is 0 Å². The number of hydrogen-bond donors (Lipinski definition) is 1. The molecule has 0 saturated heterocycles. The number of rotatable bonds is 7. The van der Waals surface area contributed by atoms with E-state index in [1.807, 2.05) is 11.3 Å². The highest BCUT2D eigenvalue weighted by atomic mass is 79.9. The van der Waals surface area contributed by atoms with E-state index < -0.39 is 0 Å². The summed E-state index contributed by atoms with van der Waals surface area (Å²) < 4.78 is 2.39. The SMILES string of the molecule is Cc1cc(CN(CC[NH+](C)C)Cc2ccc(Br)cc2)sc1Br. The molecule has 0 spiro atoms. The molecule has 0 atom stereocenters. The van der Waals surface area contributed by atoms with Crippen LogP contribution in [-0.4, -0.2) is 32.1 Å². The second-order valence-electron chi connectivity index (χ2n) is 5.96. The van der Waals surface area contributed by atoms with E-state index in [0.717, 1.165) is 30.7 Å². The lowest BCUT2D eigenvalue weighted by Gasteiger charge is -2.22. The normalized spacial score (nSPS) is 11.6. The summed E-state index contributed by atoms with van der Waals surface area (Å²) in [6.45, 7) is 6.43. The molecule has 120 valence electrons. The lowest BCUT2D eigenvalue weighted by Crippen LogP contribution is -3.06. The number of quaternary nitrogens is 1. The van der Waals surface area contributed by atoms with Crippen molar-refractivity contribution in [2.45, 2.75) is 20.0 Å². The Morgan fingerprint density at radius 2 is 1.77 bits per heavy atom. The molecule has 0 bridgehead atoms. The van der Waals surface area contributed by atoms with Crippen LogP contribution >= 0.6 is 43.2 Å². The van der Waals surface area contributed by atoms with Gasteiger partial charge in [-0.25, -0.2) is 0 Å². The molecule has 1 N–H and O–H groups in total. The molecule has 0 aliphatic carbocycles. The monoisotopic (exact) mass is 445 g/mol. The molecule has 1 aromatic heterocycles. The largest absolute Gasteiger partial charge is 0.339 e. The van der Waals surface area contributed by atoms with Crippen molar-refractivity contribution in [1.29, 1.82) is 0 Å². The van der Waals surface area contributed by atoms with Crippen molar-refractivity contribution in [1.82, 2.24) is 4.90 Å². The van der Waals surface area contributed by atoms with E-state index in [1.54, 1.807) is 0 Å². The van der Waals surface area contributed by atoms with Gasteiger partial charge in [0.15, 0.2) is 0 Å². The Bertz CT molecular complexity index is 574. The van der Waals surface area contributed by atoms with Gasteiger partial charge in [0.25, 0.3) is 0 Å². The molecule has 0 unspecified atom stereocenters. The van der Waals surface area contributed by atoms with Crippen LogP contribution < -0.4 is 4.90 Å². The van der Waals surface area contributed by atoms with Gasteiger partial charge < -0.3 is 4.90 Å². The Hall–Kier alpha value is -0.200. The second kappa shape index (κ2) is 8.60. The van der Waals surface area contributed by atoms with Crippen LogP contribution in [0.5, 0.6) is 0 Å². The molecular weight excluding hydrogens is 424 g/mol. The summed E-state index contributed by atoms with van der Waals surface area (Å²) in [5.74, 6) is 0. The van der Waals surface area contributed by atoms with Gasteiger partial charge in [0.05, 0.1) is 24.4 Å². The molecule has 0 aliphatic heterocycles. The first-order chi connectivity index (χ1) is 10.4.